The summed E-state index contributed by atoms with van der Waals surface area (Å²) >= 11 is 0. The second kappa shape index (κ2) is 33.0. The smallest absolute Gasteiger partial charge is 0.387 e. The van der Waals surface area contributed by atoms with Crippen molar-refractivity contribution >= 4 is 13.7 Å². The van der Waals surface area contributed by atoms with Crippen molar-refractivity contribution in [3.63, 3.8) is 0 Å². The second-order valence-electron chi connectivity index (χ2n) is 15.9. The number of phosphoric acid groups is 1. The van der Waals surface area contributed by atoms with Crippen molar-refractivity contribution in [3.8, 4) is 0 Å². The summed E-state index contributed by atoms with van der Waals surface area (Å²) in [6.07, 6.45) is 22.9. The number of phosphoric ester groups is 1. The Hall–Kier alpha value is -0.920. The van der Waals surface area contributed by atoms with Gasteiger partial charge in [-0.3, -0.25) is 13.8 Å². The molecule has 1 saturated carbocycles. The van der Waals surface area contributed by atoms with Crippen molar-refractivity contribution in [1.29, 1.82) is 0 Å². The predicted octanol–water partition coefficient (Wildman–Crippen LogP) is 7.67. The number of rotatable bonds is 36. The van der Waals surface area contributed by atoms with Crippen molar-refractivity contribution < 1.29 is 53.9 Å². The van der Waals surface area contributed by atoms with Gasteiger partial charge in [0.05, 0.1) is 18.8 Å². The van der Waals surface area contributed by atoms with Crippen LogP contribution >= 0.6 is 7.82 Å². The molecule has 1 rings (SSSR count). The molecule has 1 fully saturated rings. The van der Waals surface area contributed by atoms with E-state index >= 15 is 0 Å². The Labute approximate surface area is 333 Å². The Morgan fingerprint density at radius 1 is 0.600 bits per heavy atom. The zero-order valence-corrected chi connectivity index (χ0v) is 35.4. The van der Waals surface area contributed by atoms with E-state index in [1.807, 2.05) is 6.08 Å². The maximum atomic E-state index is 12.9. The summed E-state index contributed by atoms with van der Waals surface area (Å²) in [5, 5.41) is 63.8. The number of carbonyl (C=O) groups is 1. The molecular formula is C42H82NO11P. The SMILES string of the molecule is CCCCCCCCCCC/C=C/[C@@H](O)[C@H](COP(=O)(O)OC1C(O)C(O)C(O)[C@@H](O)C1O)NC(=O)CCCCCCCCCCCCCCCCCCC. The van der Waals surface area contributed by atoms with Gasteiger partial charge in [-0.05, 0) is 19.3 Å². The predicted molar refractivity (Wildman–Crippen MR) is 218 cm³/mol. The summed E-state index contributed by atoms with van der Waals surface area (Å²) in [5.41, 5.74) is 0. The first-order valence-electron chi connectivity index (χ1n) is 22.1. The van der Waals surface area contributed by atoms with Gasteiger partial charge in [-0.1, -0.05) is 180 Å². The molecule has 1 amide bonds. The number of nitrogens with one attached hydrogen (secondary N) is 1. The van der Waals surface area contributed by atoms with E-state index in [2.05, 4.69) is 19.2 Å². The molecular weight excluding hydrogens is 725 g/mol. The molecule has 0 spiro atoms. The molecule has 0 heterocycles. The number of aliphatic hydroxyl groups excluding tert-OH is 6. The summed E-state index contributed by atoms with van der Waals surface area (Å²) in [4.78, 5) is 23.3. The first-order chi connectivity index (χ1) is 26.4. The second-order valence-corrected chi connectivity index (χ2v) is 17.3. The minimum Gasteiger partial charge on any atom is -0.387 e. The molecule has 0 aromatic carbocycles. The van der Waals surface area contributed by atoms with Crippen LogP contribution in [0.25, 0.3) is 0 Å². The molecule has 0 aliphatic heterocycles. The fourth-order valence-electron chi connectivity index (χ4n) is 7.14. The van der Waals surface area contributed by atoms with Crippen molar-refractivity contribution in [1.82, 2.24) is 5.32 Å². The molecule has 13 heteroatoms. The minimum atomic E-state index is -5.07. The Bertz CT molecular complexity index is 989. The van der Waals surface area contributed by atoms with Crippen LogP contribution in [-0.2, 0) is 18.4 Å². The maximum Gasteiger partial charge on any atom is 0.472 e. The molecule has 0 aromatic rings. The van der Waals surface area contributed by atoms with Crippen LogP contribution in [0.2, 0.25) is 0 Å². The largest absolute Gasteiger partial charge is 0.472 e. The van der Waals surface area contributed by atoms with Gasteiger partial charge in [0.15, 0.2) is 0 Å². The van der Waals surface area contributed by atoms with Crippen LogP contribution in [0, 0.1) is 0 Å². The highest BCUT2D eigenvalue weighted by molar-refractivity contribution is 7.47. The molecule has 326 valence electrons. The lowest BCUT2D eigenvalue weighted by Gasteiger charge is -2.41. The number of carbonyl (C=O) groups excluding carboxylic acids is 1. The molecule has 6 unspecified atom stereocenters. The third-order valence-corrected chi connectivity index (χ3v) is 11.8. The quantitative estimate of drug-likeness (QED) is 0.0175. The Kier molecular flexibility index (Phi) is 31.2. The lowest BCUT2D eigenvalue weighted by Crippen LogP contribution is -2.64. The van der Waals surface area contributed by atoms with E-state index in [1.165, 1.54) is 128 Å². The minimum absolute atomic E-state index is 0.218. The third kappa shape index (κ3) is 25.2. The Balaban J connectivity index is 2.49. The average molecular weight is 808 g/mol. The van der Waals surface area contributed by atoms with Crippen LogP contribution in [0.4, 0.5) is 0 Å². The van der Waals surface area contributed by atoms with E-state index < -0.39 is 63.2 Å². The van der Waals surface area contributed by atoms with E-state index in [9.17, 15) is 44.9 Å². The first kappa shape index (κ1) is 52.1. The van der Waals surface area contributed by atoms with Gasteiger partial charge in [0.2, 0.25) is 5.91 Å². The average Bonchev–Trinajstić information content (AvgIpc) is 3.16. The van der Waals surface area contributed by atoms with E-state index in [1.54, 1.807) is 0 Å². The molecule has 0 aromatic heterocycles. The molecule has 0 bridgehead atoms. The van der Waals surface area contributed by atoms with Crippen LogP contribution in [-0.4, -0.2) is 96.8 Å². The van der Waals surface area contributed by atoms with Crippen molar-refractivity contribution in [2.75, 3.05) is 6.61 Å². The number of amides is 1. The standard InChI is InChI=1S/C42H82NO11P/c1-3-5-7-9-11-13-15-16-17-18-19-20-22-24-26-28-30-32-36(45)43-34(35(44)31-29-27-25-23-21-14-12-10-8-6-4-2)33-53-55(51,52)54-42-40(49)38(47)37(46)39(48)41(42)50/h29,31,34-35,37-42,44,46-50H,3-28,30,32-33H2,1-2H3,(H,43,45)(H,51,52)/b31-29+/t34-,35+,37?,38+,39?,40?,41?,42?/m0/s1. The molecule has 12 nitrogen and oxygen atoms in total. The van der Waals surface area contributed by atoms with Gasteiger partial charge in [-0.25, -0.2) is 4.57 Å². The topological polar surface area (TPSA) is 206 Å². The lowest BCUT2D eigenvalue weighted by molar-refractivity contribution is -0.220. The molecule has 1 aliphatic carbocycles. The van der Waals surface area contributed by atoms with Gasteiger partial charge in [0.1, 0.15) is 36.6 Å². The third-order valence-electron chi connectivity index (χ3n) is 10.8. The number of allylic oxidation sites excluding steroid dienone is 1. The highest BCUT2D eigenvalue weighted by Crippen LogP contribution is 2.47. The molecule has 8 N–H and O–H groups in total. The zero-order valence-electron chi connectivity index (χ0n) is 34.5. The number of hydrogen-bond donors (Lipinski definition) is 8. The monoisotopic (exact) mass is 808 g/mol. The molecule has 1 aliphatic rings. The van der Waals surface area contributed by atoms with Crippen molar-refractivity contribution in [2.45, 2.75) is 242 Å². The van der Waals surface area contributed by atoms with Gasteiger partial charge < -0.3 is 40.8 Å². The Morgan fingerprint density at radius 2 is 0.964 bits per heavy atom. The van der Waals surface area contributed by atoms with Gasteiger partial charge in [0.25, 0.3) is 0 Å². The van der Waals surface area contributed by atoms with Gasteiger partial charge >= 0.3 is 7.82 Å². The van der Waals surface area contributed by atoms with Crippen LogP contribution in [0.1, 0.15) is 194 Å². The lowest BCUT2D eigenvalue weighted by atomic mass is 9.85. The molecule has 9 atom stereocenters. The summed E-state index contributed by atoms with van der Waals surface area (Å²) in [6, 6.07) is -1.11. The molecule has 55 heavy (non-hydrogen) atoms. The van der Waals surface area contributed by atoms with Crippen LogP contribution in [0.5, 0.6) is 0 Å². The number of unbranched alkanes of at least 4 members (excludes halogenated alkanes) is 25. The normalized spacial score (nSPS) is 23.9. The van der Waals surface area contributed by atoms with Crippen LogP contribution in [0.3, 0.4) is 0 Å². The van der Waals surface area contributed by atoms with Crippen LogP contribution < -0.4 is 5.32 Å². The first-order valence-corrected chi connectivity index (χ1v) is 23.6. The van der Waals surface area contributed by atoms with E-state index in [-0.39, 0.29) is 12.3 Å². The number of aliphatic hydroxyl groups is 6. The van der Waals surface area contributed by atoms with Gasteiger partial charge in [-0.15, -0.1) is 0 Å². The van der Waals surface area contributed by atoms with Crippen molar-refractivity contribution in [2.24, 2.45) is 0 Å². The molecule has 0 radical (unpaired) electrons. The van der Waals surface area contributed by atoms with Crippen LogP contribution in [0.15, 0.2) is 12.2 Å². The van der Waals surface area contributed by atoms with E-state index in [0.29, 0.717) is 6.42 Å². The fraction of sp³-hybridized carbons (Fsp3) is 0.929. The van der Waals surface area contributed by atoms with E-state index in [0.717, 1.165) is 44.9 Å². The highest BCUT2D eigenvalue weighted by atomic mass is 31.2. The maximum absolute atomic E-state index is 12.9. The van der Waals surface area contributed by atoms with E-state index in [4.69, 9.17) is 9.05 Å². The zero-order chi connectivity index (χ0) is 40.7. The summed E-state index contributed by atoms with van der Waals surface area (Å²) in [6.45, 7) is 3.82. The number of hydrogen-bond acceptors (Lipinski definition) is 10. The fourth-order valence-corrected chi connectivity index (χ4v) is 8.10. The summed E-state index contributed by atoms with van der Waals surface area (Å²) in [7, 11) is -5.07. The van der Waals surface area contributed by atoms with Gasteiger partial charge in [-0.2, -0.15) is 0 Å². The molecule has 0 saturated heterocycles. The Morgan fingerprint density at radius 3 is 1.38 bits per heavy atom. The summed E-state index contributed by atoms with van der Waals surface area (Å²) in [5.74, 6) is -0.340. The van der Waals surface area contributed by atoms with Gasteiger partial charge in [0, 0.05) is 6.42 Å². The summed E-state index contributed by atoms with van der Waals surface area (Å²) < 4.78 is 22.8. The highest BCUT2D eigenvalue weighted by Gasteiger charge is 2.51. The van der Waals surface area contributed by atoms with Crippen molar-refractivity contribution in [3.05, 3.63) is 12.2 Å².